The molecule has 0 amide bonds. The Bertz CT molecular complexity index is 649. The minimum atomic E-state index is 0.347. The van der Waals surface area contributed by atoms with Crippen LogP contribution >= 0.6 is 11.6 Å². The van der Waals surface area contributed by atoms with E-state index in [1.165, 1.54) is 0 Å². The van der Waals surface area contributed by atoms with E-state index in [1.807, 2.05) is 6.92 Å². The Morgan fingerprint density at radius 1 is 1.42 bits per heavy atom. The molecule has 96 valence electrons. The Kier molecular flexibility index (Phi) is 2.96. The van der Waals surface area contributed by atoms with E-state index in [9.17, 15) is 5.26 Å². The van der Waals surface area contributed by atoms with Crippen LogP contribution < -0.4 is 0 Å². The van der Waals surface area contributed by atoms with E-state index in [2.05, 4.69) is 21.4 Å². The van der Waals surface area contributed by atoms with Crippen LogP contribution in [0.5, 0.6) is 0 Å². The smallest absolute Gasteiger partial charge is 0.176 e. The summed E-state index contributed by atoms with van der Waals surface area (Å²) in [7, 11) is 0. The van der Waals surface area contributed by atoms with E-state index >= 15 is 0 Å². The highest BCUT2D eigenvalue weighted by molar-refractivity contribution is 6.29. The zero-order valence-corrected chi connectivity index (χ0v) is 11.2. The summed E-state index contributed by atoms with van der Waals surface area (Å²) >= 11 is 5.75. The summed E-state index contributed by atoms with van der Waals surface area (Å²) in [4.78, 5) is 0. The number of halogens is 1. The van der Waals surface area contributed by atoms with Crippen molar-refractivity contribution in [3.8, 4) is 11.9 Å². The summed E-state index contributed by atoms with van der Waals surface area (Å²) in [5, 5.41) is 22.1. The molecule has 6 heteroatoms. The molecule has 5 nitrogen and oxygen atoms in total. The Labute approximate surface area is 115 Å². The molecule has 1 aliphatic rings. The topological polar surface area (TPSA) is 67.4 Å². The minimum Gasteiger partial charge on any atom is -0.216 e. The lowest BCUT2D eigenvalue weighted by molar-refractivity contribution is 0.750. The van der Waals surface area contributed by atoms with Gasteiger partial charge in [-0.15, -0.1) is 10.2 Å². The van der Waals surface area contributed by atoms with Crippen LogP contribution in [0.2, 0.25) is 5.15 Å². The maximum absolute atomic E-state index is 9.35. The average molecular weight is 274 g/mol. The van der Waals surface area contributed by atoms with E-state index in [0.717, 1.165) is 30.7 Å². The number of aromatic nitrogens is 4. The summed E-state index contributed by atoms with van der Waals surface area (Å²) in [6.45, 7) is 2.00. The Morgan fingerprint density at radius 2 is 2.21 bits per heavy atom. The molecule has 0 atom stereocenters. The van der Waals surface area contributed by atoms with Crippen molar-refractivity contribution in [2.45, 2.75) is 32.1 Å². The fourth-order valence-corrected chi connectivity index (χ4v) is 2.28. The van der Waals surface area contributed by atoms with Gasteiger partial charge in [0.25, 0.3) is 0 Å². The van der Waals surface area contributed by atoms with Crippen LogP contribution in [0.4, 0.5) is 0 Å². The minimum absolute atomic E-state index is 0.347. The third kappa shape index (κ3) is 2.08. The number of nitrogens with zero attached hydrogens (tertiary/aromatic N) is 5. The zero-order chi connectivity index (χ0) is 13.4. The van der Waals surface area contributed by atoms with Crippen molar-refractivity contribution in [3.63, 3.8) is 0 Å². The Morgan fingerprint density at radius 3 is 2.74 bits per heavy atom. The van der Waals surface area contributed by atoms with Crippen LogP contribution in [0.15, 0.2) is 12.1 Å². The van der Waals surface area contributed by atoms with Crippen molar-refractivity contribution in [2.24, 2.45) is 0 Å². The molecule has 0 spiro atoms. The van der Waals surface area contributed by atoms with Gasteiger partial charge in [-0.25, -0.2) is 4.68 Å². The standard InChI is InChI=1S/C13H12ClN5/c1-2-10-9(7-15)13(8-3-4-8)19(18-10)12-6-5-11(14)16-17-12/h5-6,8H,2-4H2,1H3. The molecule has 2 aromatic heterocycles. The zero-order valence-electron chi connectivity index (χ0n) is 10.5. The van der Waals surface area contributed by atoms with Gasteiger partial charge in [0.1, 0.15) is 6.07 Å². The third-order valence-electron chi connectivity index (χ3n) is 3.24. The number of nitriles is 1. The number of rotatable bonds is 3. The van der Waals surface area contributed by atoms with Crippen molar-refractivity contribution in [1.82, 2.24) is 20.0 Å². The molecule has 0 unspecified atom stereocenters. The van der Waals surface area contributed by atoms with Crippen molar-refractivity contribution in [2.75, 3.05) is 0 Å². The summed E-state index contributed by atoms with van der Waals surface area (Å²) in [6.07, 6.45) is 2.94. The first-order chi connectivity index (χ1) is 9.24. The molecule has 0 radical (unpaired) electrons. The summed E-state index contributed by atoms with van der Waals surface area (Å²) in [6, 6.07) is 5.73. The van der Waals surface area contributed by atoms with Gasteiger partial charge < -0.3 is 0 Å². The lowest BCUT2D eigenvalue weighted by Gasteiger charge is -2.04. The monoisotopic (exact) mass is 273 g/mol. The van der Waals surface area contributed by atoms with Gasteiger partial charge in [-0.1, -0.05) is 18.5 Å². The predicted octanol–water partition coefficient (Wildman–Crippen LogP) is 2.63. The fraction of sp³-hybridized carbons (Fsp3) is 0.385. The van der Waals surface area contributed by atoms with Gasteiger partial charge in [0.2, 0.25) is 0 Å². The van der Waals surface area contributed by atoms with Crippen LogP contribution in [0, 0.1) is 11.3 Å². The van der Waals surface area contributed by atoms with Crippen molar-refractivity contribution in [3.05, 3.63) is 34.2 Å². The first-order valence-corrected chi connectivity index (χ1v) is 6.64. The molecular weight excluding hydrogens is 262 g/mol. The second-order valence-corrected chi connectivity index (χ2v) is 4.96. The van der Waals surface area contributed by atoms with Gasteiger partial charge in [-0.3, -0.25) is 0 Å². The molecule has 1 aliphatic carbocycles. The highest BCUT2D eigenvalue weighted by atomic mass is 35.5. The number of hydrogen-bond acceptors (Lipinski definition) is 4. The third-order valence-corrected chi connectivity index (χ3v) is 3.44. The van der Waals surface area contributed by atoms with E-state index in [-0.39, 0.29) is 0 Å². The van der Waals surface area contributed by atoms with Crippen LogP contribution in [0.3, 0.4) is 0 Å². The molecule has 0 bridgehead atoms. The van der Waals surface area contributed by atoms with Crippen molar-refractivity contribution < 1.29 is 0 Å². The van der Waals surface area contributed by atoms with E-state index in [4.69, 9.17) is 11.6 Å². The molecule has 1 saturated carbocycles. The molecule has 0 N–H and O–H groups in total. The summed E-state index contributed by atoms with van der Waals surface area (Å²) in [5.41, 5.74) is 2.49. The molecule has 1 fully saturated rings. The van der Waals surface area contributed by atoms with Gasteiger partial charge >= 0.3 is 0 Å². The molecule has 2 aromatic rings. The van der Waals surface area contributed by atoms with Crippen molar-refractivity contribution >= 4 is 11.6 Å². The fourth-order valence-electron chi connectivity index (χ4n) is 2.18. The molecule has 3 rings (SSSR count). The largest absolute Gasteiger partial charge is 0.216 e. The Balaban J connectivity index is 2.17. The van der Waals surface area contributed by atoms with E-state index in [0.29, 0.717) is 22.5 Å². The first-order valence-electron chi connectivity index (χ1n) is 6.26. The molecular formula is C13H12ClN5. The van der Waals surface area contributed by atoms with Gasteiger partial charge in [0.05, 0.1) is 17.0 Å². The summed E-state index contributed by atoms with van der Waals surface area (Å²) in [5.74, 6) is 1.03. The lowest BCUT2D eigenvalue weighted by Crippen LogP contribution is -2.05. The predicted molar refractivity (Wildman–Crippen MR) is 70.2 cm³/mol. The normalized spacial score (nSPS) is 14.4. The summed E-state index contributed by atoms with van der Waals surface area (Å²) < 4.78 is 1.75. The molecule has 2 heterocycles. The average Bonchev–Trinajstić information content (AvgIpc) is 3.20. The van der Waals surface area contributed by atoms with Crippen LogP contribution in [-0.4, -0.2) is 20.0 Å². The quantitative estimate of drug-likeness (QED) is 0.862. The molecule has 0 aliphatic heterocycles. The second-order valence-electron chi connectivity index (χ2n) is 4.57. The molecule has 0 saturated heterocycles. The lowest BCUT2D eigenvalue weighted by atomic mass is 10.1. The van der Waals surface area contributed by atoms with Gasteiger partial charge in [0.15, 0.2) is 11.0 Å². The van der Waals surface area contributed by atoms with Gasteiger partial charge in [-0.05, 0) is 31.4 Å². The Hall–Kier alpha value is -1.93. The van der Waals surface area contributed by atoms with Crippen LogP contribution in [0.1, 0.15) is 42.6 Å². The SMILES string of the molecule is CCc1nn(-c2ccc(Cl)nn2)c(C2CC2)c1C#N. The highest BCUT2D eigenvalue weighted by Gasteiger charge is 2.33. The van der Waals surface area contributed by atoms with Crippen LogP contribution in [0.25, 0.3) is 5.82 Å². The maximum Gasteiger partial charge on any atom is 0.176 e. The maximum atomic E-state index is 9.35. The van der Waals surface area contributed by atoms with Gasteiger partial charge in [0, 0.05) is 5.92 Å². The van der Waals surface area contributed by atoms with Crippen LogP contribution in [-0.2, 0) is 6.42 Å². The van der Waals surface area contributed by atoms with Gasteiger partial charge in [-0.2, -0.15) is 10.4 Å². The second kappa shape index (κ2) is 4.63. The first kappa shape index (κ1) is 12.1. The van der Waals surface area contributed by atoms with E-state index < -0.39 is 0 Å². The van der Waals surface area contributed by atoms with E-state index in [1.54, 1.807) is 16.8 Å². The molecule has 19 heavy (non-hydrogen) atoms. The number of aryl methyl sites for hydroxylation is 1. The number of hydrogen-bond donors (Lipinski definition) is 0. The molecule has 0 aromatic carbocycles. The highest BCUT2D eigenvalue weighted by Crippen LogP contribution is 2.43. The van der Waals surface area contributed by atoms with Crippen molar-refractivity contribution in [1.29, 1.82) is 5.26 Å².